The van der Waals surface area contributed by atoms with E-state index in [-0.39, 0.29) is 17.9 Å². The first-order valence-corrected chi connectivity index (χ1v) is 5.59. The van der Waals surface area contributed by atoms with Crippen LogP contribution in [0.3, 0.4) is 0 Å². The van der Waals surface area contributed by atoms with Crippen molar-refractivity contribution >= 4 is 5.91 Å². The predicted molar refractivity (Wildman–Crippen MR) is 65.8 cm³/mol. The van der Waals surface area contributed by atoms with E-state index in [1.54, 1.807) is 4.90 Å². The van der Waals surface area contributed by atoms with Gasteiger partial charge in [-0.2, -0.15) is 0 Å². The Morgan fingerprint density at radius 2 is 1.88 bits per heavy atom. The fourth-order valence-corrected chi connectivity index (χ4v) is 1.59. The first-order chi connectivity index (χ1) is 7.57. The van der Waals surface area contributed by atoms with Crippen molar-refractivity contribution in [2.75, 3.05) is 13.6 Å². The van der Waals surface area contributed by atoms with Gasteiger partial charge < -0.3 is 10.6 Å². The van der Waals surface area contributed by atoms with E-state index in [1.807, 2.05) is 51.2 Å². The van der Waals surface area contributed by atoms with Crippen LogP contribution in [0.1, 0.15) is 25.5 Å². The third kappa shape index (κ3) is 2.83. The van der Waals surface area contributed by atoms with Crippen molar-refractivity contribution in [3.8, 4) is 0 Å². The lowest BCUT2D eigenvalue weighted by atomic mass is 10.1. The third-order valence-electron chi connectivity index (χ3n) is 2.99. The lowest BCUT2D eigenvalue weighted by molar-refractivity contribution is -0.135. The van der Waals surface area contributed by atoms with Crippen molar-refractivity contribution in [2.24, 2.45) is 11.7 Å². The molecule has 0 aliphatic rings. The Kier molecular flexibility index (Phi) is 4.50. The summed E-state index contributed by atoms with van der Waals surface area (Å²) in [6.07, 6.45) is 0. The van der Waals surface area contributed by atoms with Crippen LogP contribution in [0.2, 0.25) is 0 Å². The molecule has 1 aromatic rings. The second-order valence-corrected chi connectivity index (χ2v) is 4.17. The van der Waals surface area contributed by atoms with E-state index in [0.29, 0.717) is 6.54 Å². The molecular weight excluding hydrogens is 200 g/mol. The zero-order chi connectivity index (χ0) is 12.1. The molecule has 2 unspecified atom stereocenters. The van der Waals surface area contributed by atoms with Gasteiger partial charge in [-0.1, -0.05) is 37.3 Å². The summed E-state index contributed by atoms with van der Waals surface area (Å²) in [7, 11) is 1.83. The molecule has 3 nitrogen and oxygen atoms in total. The minimum atomic E-state index is -0.115. The number of nitrogens with zero attached hydrogens (tertiary/aromatic N) is 1. The average Bonchev–Trinajstić information content (AvgIpc) is 2.36. The van der Waals surface area contributed by atoms with Crippen LogP contribution < -0.4 is 5.73 Å². The molecule has 2 atom stereocenters. The Hall–Kier alpha value is -1.35. The van der Waals surface area contributed by atoms with Gasteiger partial charge in [-0.25, -0.2) is 0 Å². The quantitative estimate of drug-likeness (QED) is 0.841. The molecule has 88 valence electrons. The van der Waals surface area contributed by atoms with E-state index in [4.69, 9.17) is 5.73 Å². The lowest BCUT2D eigenvalue weighted by Gasteiger charge is -2.27. The molecule has 0 aliphatic heterocycles. The first-order valence-electron chi connectivity index (χ1n) is 5.59. The highest BCUT2D eigenvalue weighted by Crippen LogP contribution is 2.19. The van der Waals surface area contributed by atoms with Crippen LogP contribution in [0, 0.1) is 5.92 Å². The number of amides is 1. The van der Waals surface area contributed by atoms with Crippen LogP contribution in [0.4, 0.5) is 0 Å². The number of hydrogen-bond donors (Lipinski definition) is 1. The second kappa shape index (κ2) is 5.66. The van der Waals surface area contributed by atoms with Crippen molar-refractivity contribution in [3.63, 3.8) is 0 Å². The van der Waals surface area contributed by atoms with Crippen LogP contribution in [0.25, 0.3) is 0 Å². The number of carbonyl (C=O) groups excluding carboxylic acids is 1. The summed E-state index contributed by atoms with van der Waals surface area (Å²) in [6.45, 7) is 4.28. The molecule has 0 radical (unpaired) electrons. The molecule has 0 spiro atoms. The maximum atomic E-state index is 11.9. The SMILES string of the molecule is CC(CN)C(=O)N(C)C(C)c1ccccc1. The van der Waals surface area contributed by atoms with Crippen molar-refractivity contribution < 1.29 is 4.79 Å². The van der Waals surface area contributed by atoms with E-state index >= 15 is 0 Å². The fraction of sp³-hybridized carbons (Fsp3) is 0.462. The Morgan fingerprint density at radius 1 is 1.31 bits per heavy atom. The smallest absolute Gasteiger partial charge is 0.226 e. The summed E-state index contributed by atoms with van der Waals surface area (Å²) in [5.41, 5.74) is 6.64. The minimum absolute atomic E-state index is 0.0858. The van der Waals surface area contributed by atoms with E-state index < -0.39 is 0 Å². The van der Waals surface area contributed by atoms with E-state index in [1.165, 1.54) is 0 Å². The highest BCUT2D eigenvalue weighted by molar-refractivity contribution is 5.78. The summed E-state index contributed by atoms with van der Waals surface area (Å²) in [6, 6.07) is 10.1. The zero-order valence-electron chi connectivity index (χ0n) is 10.2. The zero-order valence-corrected chi connectivity index (χ0v) is 10.2. The van der Waals surface area contributed by atoms with Gasteiger partial charge in [0.25, 0.3) is 0 Å². The van der Waals surface area contributed by atoms with Gasteiger partial charge >= 0.3 is 0 Å². The fourth-order valence-electron chi connectivity index (χ4n) is 1.59. The van der Waals surface area contributed by atoms with Gasteiger partial charge in [0, 0.05) is 19.5 Å². The van der Waals surface area contributed by atoms with Gasteiger partial charge in [-0.15, -0.1) is 0 Å². The number of rotatable bonds is 4. The molecule has 2 N–H and O–H groups in total. The van der Waals surface area contributed by atoms with Gasteiger partial charge in [-0.3, -0.25) is 4.79 Å². The third-order valence-corrected chi connectivity index (χ3v) is 2.99. The molecule has 0 bridgehead atoms. The van der Waals surface area contributed by atoms with Gasteiger partial charge in [0.05, 0.1) is 6.04 Å². The van der Waals surface area contributed by atoms with Crippen LogP contribution in [-0.4, -0.2) is 24.4 Å². The van der Waals surface area contributed by atoms with Gasteiger partial charge in [0.1, 0.15) is 0 Å². The van der Waals surface area contributed by atoms with E-state index in [9.17, 15) is 4.79 Å². The Labute approximate surface area is 97.2 Å². The minimum Gasteiger partial charge on any atom is -0.339 e. The highest BCUT2D eigenvalue weighted by Gasteiger charge is 2.21. The molecule has 16 heavy (non-hydrogen) atoms. The average molecular weight is 220 g/mol. The van der Waals surface area contributed by atoms with Gasteiger partial charge in [0.15, 0.2) is 0 Å². The topological polar surface area (TPSA) is 46.3 Å². The maximum Gasteiger partial charge on any atom is 0.226 e. The monoisotopic (exact) mass is 220 g/mol. The summed E-state index contributed by atoms with van der Waals surface area (Å²) in [5, 5.41) is 0. The highest BCUT2D eigenvalue weighted by atomic mass is 16.2. The summed E-state index contributed by atoms with van der Waals surface area (Å²) in [4.78, 5) is 13.7. The Bertz CT molecular complexity index is 337. The first kappa shape index (κ1) is 12.7. The maximum absolute atomic E-state index is 11.9. The molecular formula is C13H20N2O. The van der Waals surface area contributed by atoms with Crippen molar-refractivity contribution in [2.45, 2.75) is 19.9 Å². The second-order valence-electron chi connectivity index (χ2n) is 4.17. The summed E-state index contributed by atoms with van der Waals surface area (Å²) >= 11 is 0. The summed E-state index contributed by atoms with van der Waals surface area (Å²) < 4.78 is 0. The van der Waals surface area contributed by atoms with Crippen LogP contribution >= 0.6 is 0 Å². The predicted octanol–water partition coefficient (Wildman–Crippen LogP) is 1.80. The standard InChI is InChI=1S/C13H20N2O/c1-10(9-14)13(16)15(3)11(2)12-7-5-4-6-8-12/h4-8,10-11H,9,14H2,1-3H3. The van der Waals surface area contributed by atoms with Gasteiger partial charge in [-0.05, 0) is 12.5 Å². The molecule has 0 saturated heterocycles. The molecule has 0 fully saturated rings. The number of hydrogen-bond acceptors (Lipinski definition) is 2. The molecule has 0 saturated carbocycles. The van der Waals surface area contributed by atoms with E-state index in [2.05, 4.69) is 0 Å². The molecule has 3 heteroatoms. The van der Waals surface area contributed by atoms with Crippen molar-refractivity contribution in [3.05, 3.63) is 35.9 Å². The van der Waals surface area contributed by atoms with Crippen LogP contribution in [0.5, 0.6) is 0 Å². The normalized spacial score (nSPS) is 14.2. The molecule has 0 aliphatic carbocycles. The largest absolute Gasteiger partial charge is 0.339 e. The Balaban J connectivity index is 2.75. The van der Waals surface area contributed by atoms with Gasteiger partial charge in [0.2, 0.25) is 5.91 Å². The van der Waals surface area contributed by atoms with Crippen molar-refractivity contribution in [1.82, 2.24) is 4.90 Å². The number of benzene rings is 1. The molecule has 1 rings (SSSR count). The molecule has 0 heterocycles. The van der Waals surface area contributed by atoms with E-state index in [0.717, 1.165) is 5.56 Å². The molecule has 0 aromatic heterocycles. The molecule has 1 amide bonds. The van der Waals surface area contributed by atoms with Crippen molar-refractivity contribution in [1.29, 1.82) is 0 Å². The Morgan fingerprint density at radius 3 is 2.38 bits per heavy atom. The number of carbonyl (C=O) groups is 1. The van der Waals surface area contributed by atoms with Crippen LogP contribution in [-0.2, 0) is 4.79 Å². The summed E-state index contributed by atoms with van der Waals surface area (Å²) in [5.74, 6) is -0.0185. The number of nitrogens with two attached hydrogens (primary N) is 1. The molecule has 1 aromatic carbocycles. The lowest BCUT2D eigenvalue weighted by Crippen LogP contribution is -2.36. The van der Waals surface area contributed by atoms with Crippen LogP contribution in [0.15, 0.2) is 30.3 Å².